The summed E-state index contributed by atoms with van der Waals surface area (Å²) in [6.07, 6.45) is 0.847. The number of hydrogen-bond donors (Lipinski definition) is 2. The Labute approximate surface area is 151 Å². The van der Waals surface area contributed by atoms with Gasteiger partial charge in [0.05, 0.1) is 10.6 Å². The van der Waals surface area contributed by atoms with Crippen LogP contribution >= 0.6 is 0 Å². The Kier molecular flexibility index (Phi) is 5.24. The molecule has 0 amide bonds. The second kappa shape index (κ2) is 7.43. The molecule has 26 heavy (non-hydrogen) atoms. The highest BCUT2D eigenvalue weighted by Crippen LogP contribution is 2.26. The molecule has 0 aliphatic carbocycles. The Morgan fingerprint density at radius 3 is 2.54 bits per heavy atom. The van der Waals surface area contributed by atoms with E-state index in [2.05, 4.69) is 5.32 Å². The number of nitrogens with one attached hydrogen (secondary N) is 1. The quantitative estimate of drug-likeness (QED) is 0.807. The topological polar surface area (TPSA) is 86.7 Å². The smallest absolute Gasteiger partial charge is 0.322 e. The van der Waals surface area contributed by atoms with Crippen molar-refractivity contribution in [2.24, 2.45) is 0 Å². The van der Waals surface area contributed by atoms with Crippen molar-refractivity contribution in [3.63, 3.8) is 0 Å². The first kappa shape index (κ1) is 18.3. The van der Waals surface area contributed by atoms with Crippen LogP contribution in [0.3, 0.4) is 0 Å². The van der Waals surface area contributed by atoms with Crippen molar-refractivity contribution in [1.29, 1.82) is 0 Å². The SMILES string of the molecule is O=C(O)C1CCCN1S(=O)(=O)c1ccc(CNc2ccccc2F)cc1. The average molecular weight is 378 g/mol. The minimum Gasteiger partial charge on any atom is -0.480 e. The number of carboxylic acid groups (broad SMARTS) is 1. The van der Waals surface area contributed by atoms with Crippen LogP contribution in [0.15, 0.2) is 53.4 Å². The number of rotatable bonds is 6. The molecule has 0 radical (unpaired) electrons. The summed E-state index contributed by atoms with van der Waals surface area (Å²) in [6.45, 7) is 0.540. The Bertz CT molecular complexity index is 900. The zero-order valence-corrected chi connectivity index (χ0v) is 14.7. The summed E-state index contributed by atoms with van der Waals surface area (Å²) in [5.41, 5.74) is 1.15. The van der Waals surface area contributed by atoms with Gasteiger partial charge >= 0.3 is 5.97 Å². The zero-order valence-electron chi connectivity index (χ0n) is 13.9. The summed E-state index contributed by atoms with van der Waals surface area (Å²) >= 11 is 0. The van der Waals surface area contributed by atoms with Gasteiger partial charge in [0.2, 0.25) is 10.0 Å². The van der Waals surface area contributed by atoms with Gasteiger partial charge in [-0.15, -0.1) is 0 Å². The second-order valence-electron chi connectivity index (χ2n) is 6.09. The van der Waals surface area contributed by atoms with Gasteiger partial charge in [-0.3, -0.25) is 4.79 Å². The van der Waals surface area contributed by atoms with E-state index >= 15 is 0 Å². The first-order valence-corrected chi connectivity index (χ1v) is 9.65. The summed E-state index contributed by atoms with van der Waals surface area (Å²) in [5, 5.41) is 12.1. The highest BCUT2D eigenvalue weighted by Gasteiger charge is 2.39. The monoisotopic (exact) mass is 378 g/mol. The number of carbonyl (C=O) groups is 1. The van der Waals surface area contributed by atoms with Gasteiger partial charge in [0.25, 0.3) is 0 Å². The molecular weight excluding hydrogens is 359 g/mol. The third-order valence-corrected chi connectivity index (χ3v) is 6.30. The lowest BCUT2D eigenvalue weighted by atomic mass is 10.2. The van der Waals surface area contributed by atoms with Crippen LogP contribution in [0.25, 0.3) is 0 Å². The van der Waals surface area contributed by atoms with Gasteiger partial charge in [-0.25, -0.2) is 12.8 Å². The molecule has 2 aromatic carbocycles. The normalized spacial score (nSPS) is 18.0. The molecular formula is C18H19FN2O4S. The number of benzene rings is 2. The molecule has 138 valence electrons. The van der Waals surface area contributed by atoms with Crippen molar-refractivity contribution in [1.82, 2.24) is 4.31 Å². The van der Waals surface area contributed by atoms with Crippen LogP contribution in [0.2, 0.25) is 0 Å². The van der Waals surface area contributed by atoms with E-state index in [0.717, 1.165) is 9.87 Å². The number of sulfonamides is 1. The number of anilines is 1. The Balaban J connectivity index is 1.73. The summed E-state index contributed by atoms with van der Waals surface area (Å²) in [4.78, 5) is 11.3. The van der Waals surface area contributed by atoms with Gasteiger partial charge in [-0.05, 0) is 42.7 Å². The van der Waals surface area contributed by atoms with Gasteiger partial charge in [0, 0.05) is 13.1 Å². The molecule has 1 fully saturated rings. The van der Waals surface area contributed by atoms with Gasteiger partial charge in [-0.1, -0.05) is 24.3 Å². The fourth-order valence-corrected chi connectivity index (χ4v) is 4.64. The number of aliphatic carboxylic acids is 1. The second-order valence-corrected chi connectivity index (χ2v) is 7.98. The first-order valence-electron chi connectivity index (χ1n) is 8.21. The number of hydrogen-bond acceptors (Lipinski definition) is 4. The van der Waals surface area contributed by atoms with Crippen LogP contribution in [0.5, 0.6) is 0 Å². The Morgan fingerprint density at radius 1 is 1.19 bits per heavy atom. The molecule has 2 N–H and O–H groups in total. The summed E-state index contributed by atoms with van der Waals surface area (Å²) in [5.74, 6) is -1.49. The predicted molar refractivity (Wildman–Crippen MR) is 94.7 cm³/mol. The maximum absolute atomic E-state index is 13.6. The largest absolute Gasteiger partial charge is 0.480 e. The molecule has 3 rings (SSSR count). The van der Waals surface area contributed by atoms with Crippen LogP contribution in [0.1, 0.15) is 18.4 Å². The molecule has 1 aliphatic rings. The van der Waals surface area contributed by atoms with Crippen molar-refractivity contribution < 1.29 is 22.7 Å². The number of halogens is 1. The zero-order chi connectivity index (χ0) is 18.7. The maximum atomic E-state index is 13.6. The summed E-state index contributed by atoms with van der Waals surface area (Å²) in [6, 6.07) is 11.4. The van der Waals surface area contributed by atoms with Crippen molar-refractivity contribution in [2.45, 2.75) is 30.3 Å². The van der Waals surface area contributed by atoms with Crippen molar-refractivity contribution >= 4 is 21.7 Å². The minimum atomic E-state index is -3.85. The van der Waals surface area contributed by atoms with E-state index in [-0.39, 0.29) is 17.3 Å². The molecule has 1 saturated heterocycles. The summed E-state index contributed by atoms with van der Waals surface area (Å²) < 4.78 is 40.0. The lowest BCUT2D eigenvalue weighted by molar-refractivity contribution is -0.140. The van der Waals surface area contributed by atoms with E-state index in [1.165, 1.54) is 18.2 Å². The fraction of sp³-hybridized carbons (Fsp3) is 0.278. The van der Waals surface area contributed by atoms with Crippen LogP contribution in [-0.2, 0) is 21.4 Å². The molecule has 6 nitrogen and oxygen atoms in total. The predicted octanol–water partition coefficient (Wildman–Crippen LogP) is 2.68. The van der Waals surface area contributed by atoms with E-state index in [1.54, 1.807) is 30.3 Å². The van der Waals surface area contributed by atoms with Gasteiger partial charge in [0.15, 0.2) is 0 Å². The lowest BCUT2D eigenvalue weighted by Gasteiger charge is -2.21. The molecule has 8 heteroatoms. The van der Waals surface area contributed by atoms with E-state index in [4.69, 9.17) is 0 Å². The van der Waals surface area contributed by atoms with Crippen molar-refractivity contribution in [2.75, 3.05) is 11.9 Å². The summed E-state index contributed by atoms with van der Waals surface area (Å²) in [7, 11) is -3.85. The van der Waals surface area contributed by atoms with E-state index < -0.39 is 22.0 Å². The molecule has 1 aliphatic heterocycles. The third-order valence-electron chi connectivity index (χ3n) is 4.38. The Hall–Kier alpha value is -2.45. The van der Waals surface area contributed by atoms with E-state index in [9.17, 15) is 22.7 Å². The molecule has 1 atom stereocenters. The van der Waals surface area contributed by atoms with Gasteiger partial charge in [0.1, 0.15) is 11.9 Å². The minimum absolute atomic E-state index is 0.0558. The molecule has 0 aromatic heterocycles. The molecule has 1 heterocycles. The number of nitrogens with zero attached hydrogens (tertiary/aromatic N) is 1. The highest BCUT2D eigenvalue weighted by molar-refractivity contribution is 7.89. The standard InChI is InChI=1S/C18H19FN2O4S/c19-15-4-1-2-5-16(15)20-12-13-7-9-14(10-8-13)26(24,25)21-11-3-6-17(21)18(22)23/h1-2,4-5,7-10,17,20H,3,6,11-12H2,(H,22,23). The van der Waals surface area contributed by atoms with Crippen LogP contribution in [0.4, 0.5) is 10.1 Å². The van der Waals surface area contributed by atoms with Gasteiger partial charge < -0.3 is 10.4 Å². The average Bonchev–Trinajstić information content (AvgIpc) is 3.12. The molecule has 0 bridgehead atoms. The van der Waals surface area contributed by atoms with Crippen molar-refractivity contribution in [3.8, 4) is 0 Å². The molecule has 2 aromatic rings. The molecule has 1 unspecified atom stereocenters. The van der Waals surface area contributed by atoms with Crippen LogP contribution in [0, 0.1) is 5.82 Å². The lowest BCUT2D eigenvalue weighted by Crippen LogP contribution is -2.40. The van der Waals surface area contributed by atoms with E-state index in [0.29, 0.717) is 25.1 Å². The van der Waals surface area contributed by atoms with Crippen LogP contribution < -0.4 is 5.32 Å². The van der Waals surface area contributed by atoms with E-state index in [1.807, 2.05) is 0 Å². The Morgan fingerprint density at radius 2 is 1.88 bits per heavy atom. The fourth-order valence-electron chi connectivity index (χ4n) is 2.99. The van der Waals surface area contributed by atoms with Gasteiger partial charge in [-0.2, -0.15) is 4.31 Å². The highest BCUT2D eigenvalue weighted by atomic mass is 32.2. The third kappa shape index (κ3) is 3.71. The maximum Gasteiger partial charge on any atom is 0.322 e. The van der Waals surface area contributed by atoms with Crippen molar-refractivity contribution in [3.05, 3.63) is 59.9 Å². The van der Waals surface area contributed by atoms with Crippen LogP contribution in [-0.4, -0.2) is 36.4 Å². The number of para-hydroxylation sites is 1. The molecule has 0 saturated carbocycles. The number of carboxylic acids is 1. The molecule has 0 spiro atoms. The first-order chi connectivity index (χ1) is 12.4.